The van der Waals surface area contributed by atoms with Gasteiger partial charge in [-0.05, 0) is 42.9 Å². The van der Waals surface area contributed by atoms with Crippen LogP contribution >= 0.6 is 11.3 Å². The minimum Gasteiger partial charge on any atom is -0.361 e. The van der Waals surface area contributed by atoms with Crippen molar-refractivity contribution in [1.82, 2.24) is 14.9 Å². The van der Waals surface area contributed by atoms with Gasteiger partial charge in [0.1, 0.15) is 5.69 Å². The Bertz CT molecular complexity index is 1280. The maximum Gasteiger partial charge on any atom is 0.253 e. The second kappa shape index (κ2) is 7.28. The van der Waals surface area contributed by atoms with E-state index in [-0.39, 0.29) is 22.5 Å². The number of aromatic nitrogens is 2. The number of likely N-dealkylation sites (tertiary alicyclic amines) is 1. The third-order valence-electron chi connectivity index (χ3n) is 6.82. The normalized spacial score (nSPS) is 18.1. The third-order valence-corrected chi connectivity index (χ3v) is 8.30. The van der Waals surface area contributed by atoms with E-state index in [4.69, 9.17) is 0 Å². The van der Waals surface area contributed by atoms with Gasteiger partial charge in [-0.3, -0.25) is 9.59 Å². The summed E-state index contributed by atoms with van der Waals surface area (Å²) in [6, 6.07) is 7.56. The maximum absolute atomic E-state index is 13.2. The summed E-state index contributed by atoms with van der Waals surface area (Å²) >= 11 is 1.68. The molecular weight excluding hydrogens is 420 g/mol. The zero-order valence-corrected chi connectivity index (χ0v) is 19.4. The van der Waals surface area contributed by atoms with Gasteiger partial charge in [-0.2, -0.15) is 5.26 Å². The third kappa shape index (κ3) is 3.43. The first kappa shape index (κ1) is 20.9. The molecule has 1 aliphatic carbocycles. The number of carbonyl (C=O) groups excluding carboxylic acids is 2. The van der Waals surface area contributed by atoms with Gasteiger partial charge in [0.2, 0.25) is 0 Å². The van der Waals surface area contributed by atoms with Crippen LogP contribution in [0, 0.1) is 16.7 Å². The number of hydrogen-bond acceptors (Lipinski definition) is 5. The number of thiazole rings is 1. The highest BCUT2D eigenvalue weighted by Gasteiger charge is 2.44. The van der Waals surface area contributed by atoms with Crippen molar-refractivity contribution in [3.8, 4) is 6.07 Å². The average molecular weight is 447 g/mol. The van der Waals surface area contributed by atoms with Gasteiger partial charge in [0, 0.05) is 52.5 Å². The van der Waals surface area contributed by atoms with Crippen LogP contribution in [-0.4, -0.2) is 39.6 Å². The van der Waals surface area contributed by atoms with Crippen molar-refractivity contribution in [3.63, 3.8) is 0 Å². The molecule has 7 heteroatoms. The molecule has 32 heavy (non-hydrogen) atoms. The number of fused-ring (bicyclic) bond motifs is 2. The van der Waals surface area contributed by atoms with E-state index in [0.29, 0.717) is 36.3 Å². The number of ketones is 1. The Labute approximate surface area is 191 Å². The number of Topliss-reactive ketones (excluding diaryl/α,β-unsaturated/α-hetero) is 1. The summed E-state index contributed by atoms with van der Waals surface area (Å²) < 4.78 is 0. The largest absolute Gasteiger partial charge is 0.361 e. The predicted octanol–water partition coefficient (Wildman–Crippen LogP) is 4.85. The molecule has 1 amide bonds. The van der Waals surface area contributed by atoms with E-state index in [1.807, 2.05) is 17.0 Å². The molecule has 1 aromatic carbocycles. The van der Waals surface area contributed by atoms with Crippen LogP contribution in [0.3, 0.4) is 0 Å². The number of H-pyrrole nitrogens is 1. The Balaban J connectivity index is 1.34. The van der Waals surface area contributed by atoms with Gasteiger partial charge in [0.15, 0.2) is 5.78 Å². The fourth-order valence-corrected chi connectivity index (χ4v) is 6.25. The molecule has 0 unspecified atom stereocenters. The van der Waals surface area contributed by atoms with Crippen LogP contribution < -0.4 is 0 Å². The van der Waals surface area contributed by atoms with Crippen LogP contribution in [0.5, 0.6) is 0 Å². The minimum atomic E-state index is -0.0796. The molecule has 3 heterocycles. The Morgan fingerprint density at radius 3 is 2.69 bits per heavy atom. The second-order valence-electron chi connectivity index (χ2n) is 10.2. The molecule has 1 fully saturated rings. The van der Waals surface area contributed by atoms with E-state index in [2.05, 4.69) is 36.8 Å². The van der Waals surface area contributed by atoms with Gasteiger partial charge in [0.05, 0.1) is 16.6 Å². The minimum absolute atomic E-state index is 0.0523. The van der Waals surface area contributed by atoms with Crippen molar-refractivity contribution in [1.29, 1.82) is 5.26 Å². The molecular formula is C25H26N4O2S. The smallest absolute Gasteiger partial charge is 0.253 e. The summed E-state index contributed by atoms with van der Waals surface area (Å²) in [7, 11) is 0. The highest BCUT2D eigenvalue weighted by Crippen LogP contribution is 2.46. The van der Waals surface area contributed by atoms with E-state index in [0.717, 1.165) is 40.1 Å². The zero-order chi connectivity index (χ0) is 22.7. The molecule has 0 atom stereocenters. The number of aromatic amines is 1. The van der Waals surface area contributed by atoms with Crippen LogP contribution in [-0.2, 0) is 11.8 Å². The lowest BCUT2D eigenvalue weighted by atomic mass is 9.68. The highest BCUT2D eigenvalue weighted by molar-refractivity contribution is 7.12. The van der Waals surface area contributed by atoms with Crippen LogP contribution in [0.25, 0.3) is 10.9 Å². The summed E-state index contributed by atoms with van der Waals surface area (Å²) in [4.78, 5) is 36.9. The topological polar surface area (TPSA) is 89.8 Å². The molecule has 5 rings (SSSR count). The number of carbonyl (C=O) groups is 2. The summed E-state index contributed by atoms with van der Waals surface area (Å²) in [6.07, 6.45) is 4.79. The molecule has 0 saturated carbocycles. The van der Waals surface area contributed by atoms with Crippen molar-refractivity contribution in [2.75, 3.05) is 13.1 Å². The molecule has 1 aliphatic heterocycles. The molecule has 1 N–H and O–H groups in total. The van der Waals surface area contributed by atoms with E-state index in [1.54, 1.807) is 23.6 Å². The number of piperidine rings is 1. The van der Waals surface area contributed by atoms with Crippen molar-refractivity contribution in [2.45, 2.75) is 51.9 Å². The van der Waals surface area contributed by atoms with Gasteiger partial charge in [0.25, 0.3) is 5.91 Å². The quantitative estimate of drug-likeness (QED) is 0.579. The lowest BCUT2D eigenvalue weighted by Crippen LogP contribution is -2.46. The summed E-state index contributed by atoms with van der Waals surface area (Å²) in [5, 5.41) is 11.3. The van der Waals surface area contributed by atoms with Crippen molar-refractivity contribution < 1.29 is 9.59 Å². The highest BCUT2D eigenvalue weighted by atomic mass is 32.1. The number of nitrogens with zero attached hydrogens (tertiary/aromatic N) is 3. The molecule has 6 nitrogen and oxygen atoms in total. The first-order chi connectivity index (χ1) is 15.2. The summed E-state index contributed by atoms with van der Waals surface area (Å²) in [5.41, 5.74) is 2.37. The predicted molar refractivity (Wildman–Crippen MR) is 124 cm³/mol. The number of hydrogen-bond donors (Lipinski definition) is 1. The maximum atomic E-state index is 13.2. The zero-order valence-electron chi connectivity index (χ0n) is 18.6. The van der Waals surface area contributed by atoms with Crippen molar-refractivity contribution in [2.24, 2.45) is 5.41 Å². The van der Waals surface area contributed by atoms with Crippen molar-refractivity contribution in [3.05, 3.63) is 51.1 Å². The average Bonchev–Trinajstić information content (AvgIpc) is 3.40. The molecule has 164 valence electrons. The molecule has 1 spiro atoms. The molecule has 0 bridgehead atoms. The molecule has 2 aliphatic rings. The molecule has 0 radical (unpaired) electrons. The Kier molecular flexibility index (Phi) is 4.75. The first-order valence-corrected chi connectivity index (χ1v) is 11.8. The number of nitrogens with one attached hydrogen (secondary N) is 1. The summed E-state index contributed by atoms with van der Waals surface area (Å²) in [5.74, 6) is 0.0946. The fourth-order valence-electron chi connectivity index (χ4n) is 4.94. The number of rotatable bonds is 1. The standard InChI is InChI=1S/C25H26N4O2S/c1-24(2,3)23-28-21-19(30)12-25(13-20(21)32-23)5-8-29(9-6-25)22(31)15-10-16(14-26)17-4-7-27-18(17)11-15/h4,7,10-11,27H,5-6,8-9,12-13H2,1-3H3. The van der Waals surface area contributed by atoms with Crippen LogP contribution in [0.1, 0.15) is 76.3 Å². The second-order valence-corrected chi connectivity index (χ2v) is 11.3. The molecule has 1 saturated heterocycles. The van der Waals surface area contributed by atoms with Gasteiger partial charge in [-0.1, -0.05) is 20.8 Å². The Morgan fingerprint density at radius 2 is 2.00 bits per heavy atom. The van der Waals surface area contributed by atoms with E-state index in [9.17, 15) is 14.9 Å². The number of nitriles is 1. The lowest BCUT2D eigenvalue weighted by molar-refractivity contribution is 0.0522. The number of amides is 1. The Morgan fingerprint density at radius 1 is 1.25 bits per heavy atom. The van der Waals surface area contributed by atoms with Crippen LogP contribution in [0.4, 0.5) is 0 Å². The van der Waals surface area contributed by atoms with Gasteiger partial charge in [-0.25, -0.2) is 4.98 Å². The SMILES string of the molecule is CC(C)(C)c1nc2c(s1)CC1(CCN(C(=O)c3cc(C#N)c4cc[nH]c4c3)CC1)CC2=O. The molecule has 3 aromatic rings. The first-order valence-electron chi connectivity index (χ1n) is 11.0. The van der Waals surface area contributed by atoms with Gasteiger partial charge < -0.3 is 9.88 Å². The Hall–Kier alpha value is -2.98. The van der Waals surface area contributed by atoms with Crippen LogP contribution in [0.15, 0.2) is 24.4 Å². The monoisotopic (exact) mass is 446 g/mol. The van der Waals surface area contributed by atoms with Gasteiger partial charge >= 0.3 is 0 Å². The molecule has 2 aromatic heterocycles. The number of benzene rings is 1. The summed E-state index contributed by atoms with van der Waals surface area (Å²) in [6.45, 7) is 7.63. The van der Waals surface area contributed by atoms with E-state index in [1.165, 1.54) is 0 Å². The van der Waals surface area contributed by atoms with E-state index >= 15 is 0 Å². The van der Waals surface area contributed by atoms with Crippen molar-refractivity contribution >= 4 is 33.9 Å². The van der Waals surface area contributed by atoms with E-state index < -0.39 is 0 Å². The lowest BCUT2D eigenvalue weighted by Gasteiger charge is -2.43. The fraction of sp³-hybridized carbons (Fsp3) is 0.440. The van der Waals surface area contributed by atoms with Crippen LogP contribution in [0.2, 0.25) is 0 Å². The van der Waals surface area contributed by atoms with Gasteiger partial charge in [-0.15, -0.1) is 11.3 Å².